The number of thiazole rings is 1. The fraction of sp³-hybridized carbons (Fsp3) is 0.357. The van der Waals surface area contributed by atoms with E-state index in [0.717, 1.165) is 24.4 Å². The SMILES string of the molecule is Cc1cc(F)c(-c2csc(C3CCCN3)n2)cc1F. The number of hydrogen-bond donors (Lipinski definition) is 1. The Labute approximate surface area is 114 Å². The number of nitrogens with one attached hydrogen (secondary N) is 1. The maximum absolute atomic E-state index is 13.9. The molecule has 1 N–H and O–H groups in total. The lowest BCUT2D eigenvalue weighted by Crippen LogP contribution is -2.12. The summed E-state index contributed by atoms with van der Waals surface area (Å²) in [6.45, 7) is 2.55. The lowest BCUT2D eigenvalue weighted by molar-refractivity contribution is 0.594. The maximum atomic E-state index is 13.9. The molecular weight excluding hydrogens is 266 g/mol. The monoisotopic (exact) mass is 280 g/mol. The molecule has 1 saturated heterocycles. The third kappa shape index (κ3) is 2.40. The molecule has 1 unspecified atom stereocenters. The van der Waals surface area contributed by atoms with Crippen LogP contribution >= 0.6 is 11.3 Å². The van der Waals surface area contributed by atoms with Crippen LogP contribution in [0.4, 0.5) is 8.78 Å². The lowest BCUT2D eigenvalue weighted by atomic mass is 10.1. The van der Waals surface area contributed by atoms with Crippen LogP contribution in [0, 0.1) is 18.6 Å². The maximum Gasteiger partial charge on any atom is 0.133 e. The first kappa shape index (κ1) is 12.7. The Morgan fingerprint density at radius 2 is 2.16 bits per heavy atom. The molecule has 0 aliphatic carbocycles. The van der Waals surface area contributed by atoms with Gasteiger partial charge in [-0.2, -0.15) is 0 Å². The zero-order valence-electron chi connectivity index (χ0n) is 10.5. The van der Waals surface area contributed by atoms with Gasteiger partial charge in [-0.25, -0.2) is 13.8 Å². The molecule has 2 heterocycles. The molecule has 0 saturated carbocycles. The van der Waals surface area contributed by atoms with E-state index in [2.05, 4.69) is 10.3 Å². The quantitative estimate of drug-likeness (QED) is 0.904. The standard InChI is InChI=1S/C14H14F2N2S/c1-8-5-11(16)9(6-10(8)15)13-7-19-14(18-13)12-3-2-4-17-12/h5-7,12,17H,2-4H2,1H3. The number of aryl methyl sites for hydroxylation is 1. The number of aromatic nitrogens is 1. The average molecular weight is 280 g/mol. The van der Waals surface area contributed by atoms with Crippen molar-refractivity contribution < 1.29 is 8.78 Å². The molecule has 0 radical (unpaired) electrons. The highest BCUT2D eigenvalue weighted by Crippen LogP contribution is 2.31. The van der Waals surface area contributed by atoms with Gasteiger partial charge in [0.05, 0.1) is 11.7 Å². The van der Waals surface area contributed by atoms with Crippen LogP contribution in [-0.4, -0.2) is 11.5 Å². The first-order valence-electron chi connectivity index (χ1n) is 6.30. The second kappa shape index (κ2) is 4.98. The van der Waals surface area contributed by atoms with Gasteiger partial charge in [0, 0.05) is 10.9 Å². The fourth-order valence-corrected chi connectivity index (χ4v) is 3.24. The molecule has 100 valence electrons. The molecular formula is C14H14F2N2S. The van der Waals surface area contributed by atoms with Gasteiger partial charge in [-0.1, -0.05) is 0 Å². The van der Waals surface area contributed by atoms with Crippen molar-refractivity contribution in [1.29, 1.82) is 0 Å². The molecule has 2 aromatic rings. The molecule has 0 amide bonds. The van der Waals surface area contributed by atoms with Gasteiger partial charge in [0.1, 0.15) is 16.6 Å². The third-order valence-electron chi connectivity index (χ3n) is 3.40. The molecule has 2 nitrogen and oxygen atoms in total. The molecule has 0 spiro atoms. The van der Waals surface area contributed by atoms with Crippen molar-refractivity contribution in [3.05, 3.63) is 39.7 Å². The second-order valence-corrected chi connectivity index (χ2v) is 5.69. The Kier molecular flexibility index (Phi) is 3.33. The van der Waals surface area contributed by atoms with Crippen molar-refractivity contribution in [3.63, 3.8) is 0 Å². The highest BCUT2D eigenvalue weighted by Gasteiger charge is 2.20. The number of halogens is 2. The topological polar surface area (TPSA) is 24.9 Å². The summed E-state index contributed by atoms with van der Waals surface area (Å²) in [7, 11) is 0. The van der Waals surface area contributed by atoms with Gasteiger partial charge in [0.25, 0.3) is 0 Å². The highest BCUT2D eigenvalue weighted by atomic mass is 32.1. The fourth-order valence-electron chi connectivity index (χ4n) is 2.31. The summed E-state index contributed by atoms with van der Waals surface area (Å²) < 4.78 is 27.4. The number of rotatable bonds is 2. The first-order valence-corrected chi connectivity index (χ1v) is 7.18. The minimum atomic E-state index is -0.421. The minimum Gasteiger partial charge on any atom is -0.308 e. The summed E-state index contributed by atoms with van der Waals surface area (Å²) in [5, 5.41) is 6.10. The molecule has 1 aliphatic rings. The number of nitrogens with zero attached hydrogens (tertiary/aromatic N) is 1. The zero-order valence-corrected chi connectivity index (χ0v) is 11.4. The Bertz CT molecular complexity index is 603. The van der Waals surface area contributed by atoms with E-state index in [1.54, 1.807) is 12.3 Å². The second-order valence-electron chi connectivity index (χ2n) is 4.80. The van der Waals surface area contributed by atoms with Crippen molar-refractivity contribution in [2.24, 2.45) is 0 Å². The highest BCUT2D eigenvalue weighted by molar-refractivity contribution is 7.10. The molecule has 0 bridgehead atoms. The lowest BCUT2D eigenvalue weighted by Gasteiger charge is -2.05. The Hall–Kier alpha value is -1.33. The van der Waals surface area contributed by atoms with E-state index >= 15 is 0 Å². The predicted octanol–water partition coefficient (Wildman–Crippen LogP) is 3.82. The minimum absolute atomic E-state index is 0.239. The van der Waals surface area contributed by atoms with E-state index < -0.39 is 11.6 Å². The molecule has 3 rings (SSSR count). The van der Waals surface area contributed by atoms with Gasteiger partial charge < -0.3 is 5.32 Å². The van der Waals surface area contributed by atoms with Crippen LogP contribution in [-0.2, 0) is 0 Å². The largest absolute Gasteiger partial charge is 0.308 e. The smallest absolute Gasteiger partial charge is 0.133 e. The first-order chi connectivity index (χ1) is 9.15. The molecule has 1 aromatic carbocycles. The van der Waals surface area contributed by atoms with Crippen LogP contribution in [0.2, 0.25) is 0 Å². The summed E-state index contributed by atoms with van der Waals surface area (Å²) >= 11 is 1.50. The summed E-state index contributed by atoms with van der Waals surface area (Å²) in [5.74, 6) is -0.819. The summed E-state index contributed by atoms with van der Waals surface area (Å²) in [5.41, 5.74) is 1.07. The molecule has 1 aromatic heterocycles. The van der Waals surface area contributed by atoms with Crippen LogP contribution in [0.25, 0.3) is 11.3 Å². The van der Waals surface area contributed by atoms with Gasteiger partial charge in [-0.3, -0.25) is 0 Å². The Balaban J connectivity index is 1.96. The van der Waals surface area contributed by atoms with Crippen molar-refractivity contribution >= 4 is 11.3 Å². The van der Waals surface area contributed by atoms with Gasteiger partial charge in [0.15, 0.2) is 0 Å². The third-order valence-corrected chi connectivity index (χ3v) is 4.36. The van der Waals surface area contributed by atoms with E-state index in [1.807, 2.05) is 0 Å². The Morgan fingerprint density at radius 3 is 2.89 bits per heavy atom. The molecule has 1 aliphatic heterocycles. The van der Waals surface area contributed by atoms with E-state index in [0.29, 0.717) is 11.3 Å². The molecule has 19 heavy (non-hydrogen) atoms. The van der Waals surface area contributed by atoms with Crippen molar-refractivity contribution in [2.75, 3.05) is 6.54 Å². The van der Waals surface area contributed by atoms with E-state index in [9.17, 15) is 8.78 Å². The van der Waals surface area contributed by atoms with Crippen LogP contribution < -0.4 is 5.32 Å². The normalized spacial score (nSPS) is 19.0. The van der Waals surface area contributed by atoms with Crippen molar-refractivity contribution in [3.8, 4) is 11.3 Å². The van der Waals surface area contributed by atoms with Gasteiger partial charge >= 0.3 is 0 Å². The number of benzene rings is 1. The Morgan fingerprint density at radius 1 is 1.32 bits per heavy atom. The summed E-state index contributed by atoms with van der Waals surface area (Å²) in [6, 6.07) is 2.71. The zero-order chi connectivity index (χ0) is 13.4. The molecule has 1 fully saturated rings. The van der Waals surface area contributed by atoms with Crippen molar-refractivity contribution in [1.82, 2.24) is 10.3 Å². The summed E-state index contributed by atoms with van der Waals surface area (Å²) in [4.78, 5) is 4.44. The average Bonchev–Trinajstić information content (AvgIpc) is 3.03. The summed E-state index contributed by atoms with van der Waals surface area (Å²) in [6.07, 6.45) is 2.19. The molecule has 1 atom stereocenters. The van der Waals surface area contributed by atoms with Crippen LogP contribution in [0.3, 0.4) is 0 Å². The number of hydrogen-bond acceptors (Lipinski definition) is 3. The van der Waals surface area contributed by atoms with Crippen LogP contribution in [0.1, 0.15) is 29.5 Å². The van der Waals surface area contributed by atoms with E-state index in [4.69, 9.17) is 0 Å². The van der Waals surface area contributed by atoms with Gasteiger partial charge in [-0.05, 0) is 44.0 Å². The molecule has 5 heteroatoms. The van der Waals surface area contributed by atoms with Crippen molar-refractivity contribution in [2.45, 2.75) is 25.8 Å². The predicted molar refractivity (Wildman–Crippen MR) is 72.2 cm³/mol. The van der Waals surface area contributed by atoms with Crippen LogP contribution in [0.5, 0.6) is 0 Å². The van der Waals surface area contributed by atoms with E-state index in [1.165, 1.54) is 23.5 Å². The van der Waals surface area contributed by atoms with Gasteiger partial charge in [0.2, 0.25) is 0 Å². The van der Waals surface area contributed by atoms with E-state index in [-0.39, 0.29) is 11.6 Å². The van der Waals surface area contributed by atoms with Gasteiger partial charge in [-0.15, -0.1) is 11.3 Å². The van der Waals surface area contributed by atoms with Crippen LogP contribution in [0.15, 0.2) is 17.5 Å².